The topological polar surface area (TPSA) is 24.9 Å². The van der Waals surface area contributed by atoms with Gasteiger partial charge >= 0.3 is 0 Å². The summed E-state index contributed by atoms with van der Waals surface area (Å²) in [4.78, 5) is 4.07. The highest BCUT2D eigenvalue weighted by Crippen LogP contribution is 2.29. The molecular formula is C11H18N2. The number of nitrogens with zero attached hydrogens (tertiary/aromatic N) is 1. The Morgan fingerprint density at radius 3 is 2.92 bits per heavy atom. The van der Waals surface area contributed by atoms with Crippen molar-refractivity contribution < 1.29 is 0 Å². The van der Waals surface area contributed by atoms with E-state index in [2.05, 4.69) is 23.3 Å². The van der Waals surface area contributed by atoms with Crippen molar-refractivity contribution in [3.63, 3.8) is 0 Å². The smallest absolute Gasteiger partial charge is 0.0562 e. The van der Waals surface area contributed by atoms with E-state index in [4.69, 9.17) is 0 Å². The molecule has 1 aliphatic rings. The number of aromatic nitrogens is 1. The molecule has 2 rings (SSSR count). The number of hydrogen-bond donors (Lipinski definition) is 1. The third-order valence-corrected chi connectivity index (χ3v) is 2.28. The lowest BCUT2D eigenvalue weighted by atomic mass is 9.94. The Bertz CT molecular complexity index is 258. The van der Waals surface area contributed by atoms with Crippen LogP contribution in [0.3, 0.4) is 0 Å². The summed E-state index contributed by atoms with van der Waals surface area (Å²) in [5, 5.41) is 3.33. The van der Waals surface area contributed by atoms with Gasteiger partial charge in [0.25, 0.3) is 0 Å². The summed E-state index contributed by atoms with van der Waals surface area (Å²) in [6, 6.07) is 2.10. The molecule has 1 unspecified atom stereocenters. The van der Waals surface area contributed by atoms with Crippen LogP contribution in [0.5, 0.6) is 0 Å². The minimum Gasteiger partial charge on any atom is -0.384 e. The molecule has 0 bridgehead atoms. The number of hydrogen-bond acceptors (Lipinski definition) is 2. The summed E-state index contributed by atoms with van der Waals surface area (Å²) in [5.74, 6) is 0.689. The van der Waals surface area contributed by atoms with E-state index < -0.39 is 0 Å². The predicted molar refractivity (Wildman–Crippen MR) is 57.1 cm³/mol. The molecule has 2 heteroatoms. The van der Waals surface area contributed by atoms with E-state index in [1.54, 1.807) is 0 Å². The molecule has 1 aromatic rings. The molecule has 72 valence electrons. The Labute approximate surface area is 80.4 Å². The molecule has 0 saturated carbocycles. The van der Waals surface area contributed by atoms with Crippen molar-refractivity contribution in [2.24, 2.45) is 0 Å². The average molecular weight is 178 g/mol. The van der Waals surface area contributed by atoms with E-state index in [9.17, 15) is 0 Å². The van der Waals surface area contributed by atoms with Gasteiger partial charge in [0.15, 0.2) is 0 Å². The Morgan fingerprint density at radius 1 is 1.46 bits per heavy atom. The van der Waals surface area contributed by atoms with Crippen LogP contribution in [0.15, 0.2) is 18.5 Å². The van der Waals surface area contributed by atoms with E-state index in [0.717, 1.165) is 6.54 Å². The Kier molecular flexibility index (Phi) is 3.74. The Hall–Kier alpha value is -1.05. The number of rotatable bonds is 0. The van der Waals surface area contributed by atoms with Crippen molar-refractivity contribution in [1.29, 1.82) is 0 Å². The van der Waals surface area contributed by atoms with Gasteiger partial charge in [0, 0.05) is 12.7 Å². The third kappa shape index (κ3) is 2.20. The zero-order chi connectivity index (χ0) is 9.68. The highest BCUT2D eigenvalue weighted by Gasteiger charge is 2.14. The van der Waals surface area contributed by atoms with Crippen molar-refractivity contribution in [3.8, 4) is 0 Å². The SMILES string of the molecule is CC.CC1CCNc2cnccc21. The number of fused-ring (bicyclic) bond motifs is 1. The monoisotopic (exact) mass is 178 g/mol. The highest BCUT2D eigenvalue weighted by atomic mass is 14.9. The molecule has 1 aliphatic heterocycles. The normalized spacial score (nSPS) is 19.2. The van der Waals surface area contributed by atoms with Gasteiger partial charge in [-0.3, -0.25) is 4.98 Å². The first-order valence-electron chi connectivity index (χ1n) is 5.05. The van der Waals surface area contributed by atoms with Crippen molar-refractivity contribution in [3.05, 3.63) is 24.0 Å². The minimum atomic E-state index is 0.689. The van der Waals surface area contributed by atoms with E-state index in [1.165, 1.54) is 17.7 Å². The zero-order valence-corrected chi connectivity index (χ0v) is 8.67. The summed E-state index contributed by atoms with van der Waals surface area (Å²) in [6.07, 6.45) is 5.00. The van der Waals surface area contributed by atoms with Crippen LogP contribution in [0.1, 0.15) is 38.7 Å². The fraction of sp³-hybridized carbons (Fsp3) is 0.545. The maximum Gasteiger partial charge on any atom is 0.0562 e. The van der Waals surface area contributed by atoms with E-state index in [1.807, 2.05) is 26.2 Å². The molecular weight excluding hydrogens is 160 g/mol. The summed E-state index contributed by atoms with van der Waals surface area (Å²) >= 11 is 0. The van der Waals surface area contributed by atoms with Gasteiger partial charge in [-0.05, 0) is 24.0 Å². The molecule has 0 fully saturated rings. The van der Waals surface area contributed by atoms with Gasteiger partial charge in [-0.15, -0.1) is 0 Å². The van der Waals surface area contributed by atoms with Crippen LogP contribution in [0.25, 0.3) is 0 Å². The van der Waals surface area contributed by atoms with Crippen LogP contribution in [-0.2, 0) is 0 Å². The summed E-state index contributed by atoms with van der Waals surface area (Å²) in [5.41, 5.74) is 2.62. The van der Waals surface area contributed by atoms with Gasteiger partial charge in [0.2, 0.25) is 0 Å². The summed E-state index contributed by atoms with van der Waals surface area (Å²) < 4.78 is 0. The Balaban J connectivity index is 0.000000396. The van der Waals surface area contributed by atoms with Gasteiger partial charge in [-0.1, -0.05) is 20.8 Å². The largest absolute Gasteiger partial charge is 0.384 e. The van der Waals surface area contributed by atoms with Crippen molar-refractivity contribution in [2.75, 3.05) is 11.9 Å². The van der Waals surface area contributed by atoms with E-state index in [0.29, 0.717) is 5.92 Å². The van der Waals surface area contributed by atoms with Gasteiger partial charge < -0.3 is 5.32 Å². The molecule has 1 N–H and O–H groups in total. The average Bonchev–Trinajstić information content (AvgIpc) is 2.22. The standard InChI is InChI=1S/C9H12N2.C2H6/c1-7-2-5-11-9-6-10-4-3-8(7)9;1-2/h3-4,6-7,11H,2,5H2,1H3;1-2H3. The van der Waals surface area contributed by atoms with Crippen LogP contribution < -0.4 is 5.32 Å². The van der Waals surface area contributed by atoms with E-state index >= 15 is 0 Å². The van der Waals surface area contributed by atoms with Crippen molar-refractivity contribution in [1.82, 2.24) is 4.98 Å². The fourth-order valence-corrected chi connectivity index (χ4v) is 1.56. The molecule has 13 heavy (non-hydrogen) atoms. The quantitative estimate of drug-likeness (QED) is 0.660. The highest BCUT2D eigenvalue weighted by molar-refractivity contribution is 5.52. The molecule has 0 spiro atoms. The van der Waals surface area contributed by atoms with E-state index in [-0.39, 0.29) is 0 Å². The Morgan fingerprint density at radius 2 is 2.23 bits per heavy atom. The second-order valence-corrected chi connectivity index (χ2v) is 3.08. The molecule has 0 radical (unpaired) electrons. The predicted octanol–water partition coefficient (Wildman–Crippen LogP) is 3.03. The van der Waals surface area contributed by atoms with Gasteiger partial charge in [0.1, 0.15) is 0 Å². The number of pyridine rings is 1. The second kappa shape index (κ2) is 4.85. The molecule has 2 heterocycles. The molecule has 0 amide bonds. The maximum absolute atomic E-state index is 4.07. The number of anilines is 1. The second-order valence-electron chi connectivity index (χ2n) is 3.08. The summed E-state index contributed by atoms with van der Waals surface area (Å²) in [6.45, 7) is 7.35. The molecule has 0 aliphatic carbocycles. The van der Waals surface area contributed by atoms with Gasteiger partial charge in [-0.25, -0.2) is 0 Å². The first kappa shape index (κ1) is 10.0. The zero-order valence-electron chi connectivity index (χ0n) is 8.67. The van der Waals surface area contributed by atoms with Crippen molar-refractivity contribution >= 4 is 5.69 Å². The van der Waals surface area contributed by atoms with Crippen LogP contribution in [0, 0.1) is 0 Å². The molecule has 1 aromatic heterocycles. The first-order chi connectivity index (χ1) is 6.38. The number of nitrogens with one attached hydrogen (secondary N) is 1. The lowest BCUT2D eigenvalue weighted by molar-refractivity contribution is 0.682. The van der Waals surface area contributed by atoms with Crippen LogP contribution in [-0.4, -0.2) is 11.5 Å². The lowest BCUT2D eigenvalue weighted by Gasteiger charge is -2.22. The van der Waals surface area contributed by atoms with Gasteiger partial charge in [0.05, 0.1) is 11.9 Å². The molecule has 2 nitrogen and oxygen atoms in total. The van der Waals surface area contributed by atoms with Crippen molar-refractivity contribution in [2.45, 2.75) is 33.1 Å². The van der Waals surface area contributed by atoms with Crippen LogP contribution >= 0.6 is 0 Å². The molecule has 0 saturated heterocycles. The first-order valence-corrected chi connectivity index (χ1v) is 5.05. The minimum absolute atomic E-state index is 0.689. The fourth-order valence-electron chi connectivity index (χ4n) is 1.56. The third-order valence-electron chi connectivity index (χ3n) is 2.28. The summed E-state index contributed by atoms with van der Waals surface area (Å²) in [7, 11) is 0. The maximum atomic E-state index is 4.07. The van der Waals surface area contributed by atoms with Crippen LogP contribution in [0.2, 0.25) is 0 Å². The van der Waals surface area contributed by atoms with Gasteiger partial charge in [-0.2, -0.15) is 0 Å². The molecule has 1 atom stereocenters. The van der Waals surface area contributed by atoms with Crippen LogP contribution in [0.4, 0.5) is 5.69 Å². The molecule has 0 aromatic carbocycles. The lowest BCUT2D eigenvalue weighted by Crippen LogP contribution is -2.14.